The Labute approximate surface area is 175 Å². The van der Waals surface area contributed by atoms with Crippen molar-refractivity contribution in [2.24, 2.45) is 0 Å². The summed E-state index contributed by atoms with van der Waals surface area (Å²) in [6, 6.07) is 15.4. The van der Waals surface area contributed by atoms with E-state index in [1.165, 1.54) is 5.56 Å². The molecular formula is C21H25N7O2. The highest BCUT2D eigenvalue weighted by atomic mass is 16.5. The third kappa shape index (κ3) is 4.57. The number of piperazine rings is 1. The van der Waals surface area contributed by atoms with E-state index in [0.29, 0.717) is 19.6 Å². The molecule has 0 radical (unpaired) electrons. The molecule has 1 aliphatic heterocycles. The molecule has 30 heavy (non-hydrogen) atoms. The van der Waals surface area contributed by atoms with Crippen molar-refractivity contribution < 1.29 is 9.53 Å². The second-order valence-corrected chi connectivity index (χ2v) is 7.26. The van der Waals surface area contributed by atoms with Crippen LogP contribution in [0, 0.1) is 6.92 Å². The maximum absolute atomic E-state index is 12.5. The molecule has 2 aromatic carbocycles. The number of nitrogens with zero attached hydrogens (tertiary/aromatic N) is 6. The number of ether oxygens (including phenoxy) is 1. The van der Waals surface area contributed by atoms with Crippen LogP contribution < -0.4 is 10.1 Å². The predicted octanol–water partition coefficient (Wildman–Crippen LogP) is 2.33. The molecule has 9 nitrogen and oxygen atoms in total. The molecule has 9 heteroatoms. The van der Waals surface area contributed by atoms with Gasteiger partial charge in [0.2, 0.25) is 0 Å². The lowest BCUT2D eigenvalue weighted by atomic mass is 10.2. The summed E-state index contributed by atoms with van der Waals surface area (Å²) in [5, 5.41) is 15.1. The number of nitrogens with one attached hydrogen (secondary N) is 1. The highest BCUT2D eigenvalue weighted by Crippen LogP contribution is 2.16. The Balaban J connectivity index is 1.32. The number of aryl methyl sites for hydroxylation is 1. The fourth-order valence-corrected chi connectivity index (χ4v) is 3.38. The summed E-state index contributed by atoms with van der Waals surface area (Å²) in [7, 11) is 1.64. The van der Waals surface area contributed by atoms with Gasteiger partial charge < -0.3 is 15.0 Å². The van der Waals surface area contributed by atoms with Gasteiger partial charge in [-0.05, 0) is 53.7 Å². The van der Waals surface area contributed by atoms with E-state index in [4.69, 9.17) is 4.74 Å². The molecule has 0 unspecified atom stereocenters. The zero-order chi connectivity index (χ0) is 20.9. The lowest BCUT2D eigenvalue weighted by Crippen LogP contribution is -2.49. The fraction of sp³-hybridized carbons (Fsp3) is 0.333. The molecule has 4 rings (SSSR count). The minimum atomic E-state index is -0.0680. The highest BCUT2D eigenvalue weighted by molar-refractivity contribution is 5.89. The van der Waals surface area contributed by atoms with E-state index >= 15 is 0 Å². The van der Waals surface area contributed by atoms with Gasteiger partial charge in [-0.25, -0.2) is 4.79 Å². The van der Waals surface area contributed by atoms with Crippen molar-refractivity contribution in [3.05, 3.63) is 59.9 Å². The number of urea groups is 1. The summed E-state index contributed by atoms with van der Waals surface area (Å²) in [6.07, 6.45) is 0. The number of rotatable bonds is 5. The Morgan fingerprint density at radius 2 is 1.73 bits per heavy atom. The normalized spacial score (nSPS) is 14.5. The van der Waals surface area contributed by atoms with Gasteiger partial charge in [0.05, 0.1) is 19.3 Å². The van der Waals surface area contributed by atoms with Crippen molar-refractivity contribution in [1.29, 1.82) is 0 Å². The Kier molecular flexibility index (Phi) is 5.89. The largest absolute Gasteiger partial charge is 0.497 e. The van der Waals surface area contributed by atoms with Gasteiger partial charge >= 0.3 is 6.03 Å². The van der Waals surface area contributed by atoms with Crippen LogP contribution in [0.5, 0.6) is 5.75 Å². The van der Waals surface area contributed by atoms with Crippen LogP contribution >= 0.6 is 0 Å². The van der Waals surface area contributed by atoms with Crippen LogP contribution in [-0.4, -0.2) is 69.3 Å². The average molecular weight is 407 g/mol. The second-order valence-electron chi connectivity index (χ2n) is 7.26. The fourth-order valence-electron chi connectivity index (χ4n) is 3.38. The topological polar surface area (TPSA) is 88.4 Å². The number of anilines is 1. The quantitative estimate of drug-likeness (QED) is 0.698. The molecule has 2 amide bonds. The highest BCUT2D eigenvalue weighted by Gasteiger charge is 2.23. The minimum absolute atomic E-state index is 0.0680. The number of methoxy groups -OCH3 is 1. The van der Waals surface area contributed by atoms with E-state index < -0.39 is 0 Å². The number of aromatic nitrogens is 4. The third-order valence-corrected chi connectivity index (χ3v) is 5.18. The van der Waals surface area contributed by atoms with Gasteiger partial charge in [-0.1, -0.05) is 17.7 Å². The number of carbonyl (C=O) groups excluding carboxylic acids is 1. The molecule has 1 aliphatic rings. The van der Waals surface area contributed by atoms with E-state index in [1.54, 1.807) is 11.8 Å². The van der Waals surface area contributed by atoms with Crippen molar-refractivity contribution in [2.45, 2.75) is 13.5 Å². The summed E-state index contributed by atoms with van der Waals surface area (Å²) in [5.41, 5.74) is 2.86. The SMILES string of the molecule is COc1ccc(-n2nnnc2CN2CCN(C(=O)Nc3ccc(C)cc3)CC2)cc1. The van der Waals surface area contributed by atoms with Crippen LogP contribution in [0.1, 0.15) is 11.4 Å². The Morgan fingerprint density at radius 1 is 1.03 bits per heavy atom. The smallest absolute Gasteiger partial charge is 0.321 e. The summed E-state index contributed by atoms with van der Waals surface area (Å²) in [4.78, 5) is 16.6. The lowest BCUT2D eigenvalue weighted by molar-refractivity contribution is 0.140. The van der Waals surface area contributed by atoms with Crippen LogP contribution in [0.15, 0.2) is 48.5 Å². The standard InChI is InChI=1S/C21H25N7O2/c1-16-3-5-17(6-4-16)22-21(29)27-13-11-26(12-14-27)15-20-23-24-25-28(20)18-7-9-19(30-2)10-8-18/h3-10H,11-15H2,1-2H3,(H,22,29). The first-order valence-corrected chi connectivity index (χ1v) is 9.89. The number of hydrogen-bond acceptors (Lipinski definition) is 6. The molecule has 1 saturated heterocycles. The Morgan fingerprint density at radius 3 is 2.40 bits per heavy atom. The monoisotopic (exact) mass is 407 g/mol. The van der Waals surface area contributed by atoms with Gasteiger partial charge in [0, 0.05) is 31.9 Å². The molecule has 1 N–H and O–H groups in total. The maximum atomic E-state index is 12.5. The molecule has 1 aromatic heterocycles. The van der Waals surface area contributed by atoms with Crippen molar-refractivity contribution in [1.82, 2.24) is 30.0 Å². The molecule has 0 aliphatic carbocycles. The average Bonchev–Trinajstić information content (AvgIpc) is 3.24. The first-order valence-electron chi connectivity index (χ1n) is 9.89. The first kappa shape index (κ1) is 19.8. The molecule has 0 bridgehead atoms. The Hall–Kier alpha value is -3.46. The molecule has 1 fully saturated rings. The molecule has 0 spiro atoms. The first-order chi connectivity index (χ1) is 14.6. The number of carbonyl (C=O) groups is 1. The van der Waals surface area contributed by atoms with E-state index in [9.17, 15) is 4.79 Å². The summed E-state index contributed by atoms with van der Waals surface area (Å²) in [5.74, 6) is 1.55. The van der Waals surface area contributed by atoms with Crippen LogP contribution in [0.2, 0.25) is 0 Å². The lowest BCUT2D eigenvalue weighted by Gasteiger charge is -2.34. The van der Waals surface area contributed by atoms with E-state index in [-0.39, 0.29) is 6.03 Å². The molecule has 3 aromatic rings. The number of tetrazole rings is 1. The van der Waals surface area contributed by atoms with Crippen molar-refractivity contribution in [3.63, 3.8) is 0 Å². The molecule has 156 valence electrons. The zero-order valence-electron chi connectivity index (χ0n) is 17.2. The van der Waals surface area contributed by atoms with E-state index in [1.807, 2.05) is 60.4 Å². The third-order valence-electron chi connectivity index (χ3n) is 5.18. The Bertz CT molecular complexity index is 977. The molecular weight excluding hydrogens is 382 g/mol. The number of hydrogen-bond donors (Lipinski definition) is 1. The number of benzene rings is 2. The van der Waals surface area contributed by atoms with Gasteiger partial charge in [0.25, 0.3) is 0 Å². The zero-order valence-corrected chi connectivity index (χ0v) is 17.2. The maximum Gasteiger partial charge on any atom is 0.321 e. The summed E-state index contributed by atoms with van der Waals surface area (Å²) < 4.78 is 6.94. The van der Waals surface area contributed by atoms with Crippen molar-refractivity contribution >= 4 is 11.7 Å². The van der Waals surface area contributed by atoms with Gasteiger partial charge in [-0.3, -0.25) is 4.90 Å². The molecule has 0 atom stereocenters. The summed E-state index contributed by atoms with van der Waals surface area (Å²) >= 11 is 0. The van der Waals surface area contributed by atoms with Gasteiger partial charge in [0.15, 0.2) is 5.82 Å². The molecule has 0 saturated carbocycles. The van der Waals surface area contributed by atoms with Gasteiger partial charge in [-0.2, -0.15) is 4.68 Å². The minimum Gasteiger partial charge on any atom is -0.497 e. The van der Waals surface area contributed by atoms with Crippen LogP contribution in [0.4, 0.5) is 10.5 Å². The van der Waals surface area contributed by atoms with Gasteiger partial charge in [0.1, 0.15) is 5.75 Å². The van der Waals surface area contributed by atoms with Crippen molar-refractivity contribution in [2.75, 3.05) is 38.6 Å². The van der Waals surface area contributed by atoms with Crippen molar-refractivity contribution in [3.8, 4) is 11.4 Å². The van der Waals surface area contributed by atoms with E-state index in [0.717, 1.165) is 36.0 Å². The van der Waals surface area contributed by atoms with E-state index in [2.05, 4.69) is 25.7 Å². The summed E-state index contributed by atoms with van der Waals surface area (Å²) in [6.45, 7) is 5.47. The number of amides is 2. The second kappa shape index (κ2) is 8.91. The molecule has 2 heterocycles. The van der Waals surface area contributed by atoms with Crippen LogP contribution in [0.25, 0.3) is 5.69 Å². The van der Waals surface area contributed by atoms with Gasteiger partial charge in [-0.15, -0.1) is 5.10 Å². The van der Waals surface area contributed by atoms with Crippen LogP contribution in [0.3, 0.4) is 0 Å². The van der Waals surface area contributed by atoms with Crippen LogP contribution in [-0.2, 0) is 6.54 Å². The predicted molar refractivity (Wildman–Crippen MR) is 113 cm³/mol.